The lowest BCUT2D eigenvalue weighted by Crippen LogP contribution is -2.52. The van der Waals surface area contributed by atoms with Crippen molar-refractivity contribution in [2.24, 2.45) is 5.73 Å². The molecule has 1 aromatic rings. The molecule has 0 spiro atoms. The zero-order valence-corrected chi connectivity index (χ0v) is 14.4. The molecule has 2 rings (SSSR count). The van der Waals surface area contributed by atoms with Crippen molar-refractivity contribution in [3.63, 3.8) is 0 Å². The third-order valence-corrected chi connectivity index (χ3v) is 4.37. The van der Waals surface area contributed by atoms with Crippen LogP contribution in [0.25, 0.3) is 0 Å². The van der Waals surface area contributed by atoms with Gasteiger partial charge in [-0.05, 0) is 48.7 Å². The number of nitrogens with zero attached hydrogens (tertiary/aromatic N) is 1. The lowest BCUT2D eigenvalue weighted by molar-refractivity contribution is 0.0892. The summed E-state index contributed by atoms with van der Waals surface area (Å²) in [5, 5.41) is 3.16. The number of rotatable bonds is 4. The fraction of sp³-hybridized carbons (Fsp3) is 0.643. The number of hydrogen-bond acceptors (Lipinski definition) is 2. The molecule has 0 aliphatic heterocycles. The minimum Gasteiger partial charge on any atom is -0.344 e. The molecule has 20 heavy (non-hydrogen) atoms. The number of hydrogen-bond donors (Lipinski definition) is 2. The van der Waals surface area contributed by atoms with E-state index in [1.54, 1.807) is 0 Å². The summed E-state index contributed by atoms with van der Waals surface area (Å²) >= 11 is 3.44. The van der Waals surface area contributed by atoms with Crippen LogP contribution >= 0.6 is 28.3 Å². The van der Waals surface area contributed by atoms with Gasteiger partial charge in [0.25, 0.3) is 5.91 Å². The first-order valence-electron chi connectivity index (χ1n) is 6.87. The summed E-state index contributed by atoms with van der Waals surface area (Å²) in [6.07, 6.45) is 6.21. The molecule has 3 N–H and O–H groups in total. The Morgan fingerprint density at radius 2 is 2.10 bits per heavy atom. The van der Waals surface area contributed by atoms with Crippen LogP contribution in [0.5, 0.6) is 0 Å². The van der Waals surface area contributed by atoms with Crippen molar-refractivity contribution < 1.29 is 4.79 Å². The van der Waals surface area contributed by atoms with E-state index >= 15 is 0 Å². The number of halogens is 2. The predicted molar refractivity (Wildman–Crippen MR) is 87.5 cm³/mol. The van der Waals surface area contributed by atoms with Gasteiger partial charge in [0.15, 0.2) is 0 Å². The fourth-order valence-corrected chi connectivity index (χ4v) is 3.23. The highest BCUT2D eigenvalue weighted by Gasteiger charge is 2.34. The minimum absolute atomic E-state index is 0. The van der Waals surface area contributed by atoms with Gasteiger partial charge in [-0.25, -0.2) is 0 Å². The SMILES string of the molecule is CC(C)n1cc(Br)cc1C(=O)NC1(CN)CCCC1.Cl. The largest absolute Gasteiger partial charge is 0.344 e. The Kier molecular flexibility index (Phi) is 6.10. The standard InChI is InChI=1S/C14H22BrN3O.ClH/c1-10(2)18-8-11(15)7-12(18)13(19)17-14(9-16)5-3-4-6-14;/h7-8,10H,3-6,9,16H2,1-2H3,(H,17,19);1H. The molecule has 1 fully saturated rings. The van der Waals surface area contributed by atoms with E-state index in [2.05, 4.69) is 35.1 Å². The molecular formula is C14H23BrClN3O. The third-order valence-electron chi connectivity index (χ3n) is 3.93. The summed E-state index contributed by atoms with van der Waals surface area (Å²) in [6, 6.07) is 2.12. The van der Waals surface area contributed by atoms with Crippen molar-refractivity contribution in [3.8, 4) is 0 Å². The molecule has 1 saturated carbocycles. The molecule has 1 aliphatic carbocycles. The van der Waals surface area contributed by atoms with E-state index in [9.17, 15) is 4.79 Å². The predicted octanol–water partition coefficient (Wildman–Crippen LogP) is 3.25. The Balaban J connectivity index is 0.00000200. The quantitative estimate of drug-likeness (QED) is 0.861. The molecule has 0 aromatic carbocycles. The Morgan fingerprint density at radius 3 is 2.60 bits per heavy atom. The highest BCUT2D eigenvalue weighted by atomic mass is 79.9. The fourth-order valence-electron chi connectivity index (χ4n) is 2.79. The second-order valence-electron chi connectivity index (χ2n) is 5.69. The molecule has 1 heterocycles. The van der Waals surface area contributed by atoms with Crippen LogP contribution in [0.15, 0.2) is 16.7 Å². The Morgan fingerprint density at radius 1 is 1.50 bits per heavy atom. The zero-order valence-electron chi connectivity index (χ0n) is 12.0. The molecule has 1 aliphatic rings. The number of nitrogens with two attached hydrogens (primary N) is 1. The Labute approximate surface area is 135 Å². The van der Waals surface area contributed by atoms with Gasteiger partial charge in [-0.2, -0.15) is 0 Å². The van der Waals surface area contributed by atoms with Crippen LogP contribution in [0, 0.1) is 0 Å². The lowest BCUT2D eigenvalue weighted by atomic mass is 9.97. The molecule has 0 saturated heterocycles. The number of aromatic nitrogens is 1. The van der Waals surface area contributed by atoms with Crippen molar-refractivity contribution >= 4 is 34.2 Å². The topological polar surface area (TPSA) is 60.0 Å². The van der Waals surface area contributed by atoms with E-state index < -0.39 is 0 Å². The first-order chi connectivity index (χ1) is 8.97. The van der Waals surface area contributed by atoms with Crippen LogP contribution in [0.3, 0.4) is 0 Å². The minimum atomic E-state index is -0.199. The number of nitrogens with one attached hydrogen (secondary N) is 1. The van der Waals surface area contributed by atoms with Gasteiger partial charge in [0.05, 0.1) is 5.54 Å². The van der Waals surface area contributed by atoms with Gasteiger partial charge in [0, 0.05) is 23.3 Å². The maximum atomic E-state index is 12.5. The molecule has 0 atom stereocenters. The molecule has 0 unspecified atom stereocenters. The van der Waals surface area contributed by atoms with Crippen molar-refractivity contribution in [2.75, 3.05) is 6.54 Å². The van der Waals surface area contributed by atoms with Crippen molar-refractivity contribution in [2.45, 2.75) is 51.1 Å². The second-order valence-corrected chi connectivity index (χ2v) is 6.61. The average Bonchev–Trinajstić information content (AvgIpc) is 2.96. The average molecular weight is 365 g/mol. The van der Waals surface area contributed by atoms with Crippen LogP contribution in [0.4, 0.5) is 0 Å². The van der Waals surface area contributed by atoms with Crippen molar-refractivity contribution in [1.82, 2.24) is 9.88 Å². The van der Waals surface area contributed by atoms with Gasteiger partial charge in [-0.15, -0.1) is 12.4 Å². The van der Waals surface area contributed by atoms with Crippen molar-refractivity contribution in [1.29, 1.82) is 0 Å². The van der Waals surface area contributed by atoms with E-state index in [1.807, 2.05) is 16.8 Å². The first kappa shape index (κ1) is 17.5. The first-order valence-corrected chi connectivity index (χ1v) is 7.67. The number of carbonyl (C=O) groups is 1. The second kappa shape index (κ2) is 6.96. The van der Waals surface area contributed by atoms with Gasteiger partial charge in [-0.1, -0.05) is 12.8 Å². The summed E-state index contributed by atoms with van der Waals surface area (Å²) in [7, 11) is 0. The molecule has 4 nitrogen and oxygen atoms in total. The number of amides is 1. The van der Waals surface area contributed by atoms with Crippen LogP contribution in [0.2, 0.25) is 0 Å². The van der Waals surface area contributed by atoms with Crippen LogP contribution in [-0.4, -0.2) is 22.6 Å². The molecule has 0 bridgehead atoms. The van der Waals surface area contributed by atoms with E-state index in [4.69, 9.17) is 5.73 Å². The summed E-state index contributed by atoms with van der Waals surface area (Å²) in [5.74, 6) is -0.0215. The molecule has 1 amide bonds. The Hall–Kier alpha value is -0.520. The van der Waals surface area contributed by atoms with Gasteiger partial charge in [0.1, 0.15) is 5.69 Å². The highest BCUT2D eigenvalue weighted by Crippen LogP contribution is 2.29. The molecule has 0 radical (unpaired) electrons. The summed E-state index contributed by atoms with van der Waals surface area (Å²) in [6.45, 7) is 4.65. The highest BCUT2D eigenvalue weighted by molar-refractivity contribution is 9.10. The van der Waals surface area contributed by atoms with Gasteiger partial charge < -0.3 is 15.6 Å². The molecule has 114 valence electrons. The van der Waals surface area contributed by atoms with Gasteiger partial charge in [-0.3, -0.25) is 4.79 Å². The van der Waals surface area contributed by atoms with Gasteiger partial charge in [0.2, 0.25) is 0 Å². The molecule has 1 aromatic heterocycles. The molecule has 6 heteroatoms. The Bertz CT molecular complexity index is 467. The van der Waals surface area contributed by atoms with Crippen LogP contribution in [0.1, 0.15) is 56.1 Å². The van der Waals surface area contributed by atoms with E-state index in [0.717, 1.165) is 30.2 Å². The summed E-state index contributed by atoms with van der Waals surface area (Å²) in [4.78, 5) is 12.5. The van der Waals surface area contributed by atoms with Crippen LogP contribution in [-0.2, 0) is 0 Å². The monoisotopic (exact) mass is 363 g/mol. The maximum Gasteiger partial charge on any atom is 0.268 e. The van der Waals surface area contributed by atoms with E-state index in [1.165, 1.54) is 0 Å². The van der Waals surface area contributed by atoms with E-state index in [0.29, 0.717) is 12.2 Å². The van der Waals surface area contributed by atoms with Crippen LogP contribution < -0.4 is 11.1 Å². The molecular weight excluding hydrogens is 342 g/mol. The smallest absolute Gasteiger partial charge is 0.268 e. The summed E-state index contributed by atoms with van der Waals surface area (Å²) in [5.41, 5.74) is 6.36. The zero-order chi connectivity index (χ0) is 14.0. The third kappa shape index (κ3) is 3.57. The van der Waals surface area contributed by atoms with E-state index in [-0.39, 0.29) is 29.9 Å². The normalized spacial score (nSPS) is 17.1. The number of carbonyl (C=O) groups excluding carboxylic acids is 1. The lowest BCUT2D eigenvalue weighted by Gasteiger charge is -2.29. The van der Waals surface area contributed by atoms with Gasteiger partial charge >= 0.3 is 0 Å². The van der Waals surface area contributed by atoms with Crippen molar-refractivity contribution in [3.05, 3.63) is 22.4 Å². The maximum absolute atomic E-state index is 12.5. The summed E-state index contributed by atoms with van der Waals surface area (Å²) < 4.78 is 2.91.